The number of likely N-dealkylation sites (N-methyl/N-ethyl adjacent to an activating group) is 2. The third-order valence-corrected chi connectivity index (χ3v) is 2.29. The average Bonchev–Trinajstić information content (AvgIpc) is 2.25. The van der Waals surface area contributed by atoms with Gasteiger partial charge in [0.2, 0.25) is 0 Å². The van der Waals surface area contributed by atoms with E-state index in [0.29, 0.717) is 6.61 Å². The maximum atomic E-state index is 10.7. The van der Waals surface area contributed by atoms with Gasteiger partial charge in [-0.2, -0.15) is 0 Å². The van der Waals surface area contributed by atoms with Crippen LogP contribution in [0, 0.1) is 0 Å². The average molecular weight is 214 g/mol. The number of ether oxygens (including phenoxy) is 1. The zero-order valence-electron chi connectivity index (χ0n) is 10.0. The van der Waals surface area contributed by atoms with Gasteiger partial charge in [-0.05, 0) is 20.6 Å². The minimum absolute atomic E-state index is 0.353. The van der Waals surface area contributed by atoms with Crippen molar-refractivity contribution in [2.75, 3.05) is 46.9 Å². The molecule has 0 aromatic rings. The Hall–Kier alpha value is -0.870. The second-order valence-corrected chi connectivity index (χ2v) is 3.57. The molecule has 0 radical (unpaired) electrons. The second kappa shape index (κ2) is 8.44. The van der Waals surface area contributed by atoms with Crippen molar-refractivity contribution in [3.63, 3.8) is 0 Å². The van der Waals surface area contributed by atoms with Gasteiger partial charge in [0, 0.05) is 25.7 Å². The number of carbonyl (C=O) groups is 1. The van der Waals surface area contributed by atoms with E-state index in [2.05, 4.69) is 30.4 Å². The fraction of sp³-hybridized carbons (Fsp3) is 0.727. The predicted octanol–water partition coefficient (Wildman–Crippen LogP) is 0.599. The van der Waals surface area contributed by atoms with Gasteiger partial charge in [0.1, 0.15) is 6.61 Å². The first-order valence-electron chi connectivity index (χ1n) is 5.26. The van der Waals surface area contributed by atoms with Crippen LogP contribution in [-0.2, 0) is 9.53 Å². The van der Waals surface area contributed by atoms with Gasteiger partial charge in [-0.1, -0.05) is 13.5 Å². The van der Waals surface area contributed by atoms with Gasteiger partial charge in [-0.15, -0.1) is 0 Å². The van der Waals surface area contributed by atoms with E-state index >= 15 is 0 Å². The van der Waals surface area contributed by atoms with Crippen LogP contribution in [0.15, 0.2) is 12.7 Å². The van der Waals surface area contributed by atoms with Crippen LogP contribution in [0.25, 0.3) is 0 Å². The molecule has 4 heteroatoms. The van der Waals surface area contributed by atoms with Gasteiger partial charge >= 0.3 is 5.97 Å². The van der Waals surface area contributed by atoms with Crippen molar-refractivity contribution in [3.05, 3.63) is 12.7 Å². The Morgan fingerprint density at radius 3 is 2.40 bits per heavy atom. The van der Waals surface area contributed by atoms with E-state index in [9.17, 15) is 4.79 Å². The molecular formula is C11H22N2O2. The van der Waals surface area contributed by atoms with Crippen molar-refractivity contribution in [2.45, 2.75) is 6.92 Å². The van der Waals surface area contributed by atoms with Gasteiger partial charge in [0.25, 0.3) is 0 Å². The van der Waals surface area contributed by atoms with E-state index in [0.717, 1.165) is 26.2 Å². The maximum Gasteiger partial charge on any atom is 0.330 e. The largest absolute Gasteiger partial charge is 0.461 e. The first-order valence-corrected chi connectivity index (χ1v) is 5.26. The van der Waals surface area contributed by atoms with E-state index in [1.165, 1.54) is 6.08 Å². The topological polar surface area (TPSA) is 32.8 Å². The lowest BCUT2D eigenvalue weighted by atomic mass is 10.4. The summed E-state index contributed by atoms with van der Waals surface area (Å²) in [7, 11) is 4.11. The summed E-state index contributed by atoms with van der Waals surface area (Å²) in [5.74, 6) is -0.353. The molecule has 0 unspecified atom stereocenters. The van der Waals surface area contributed by atoms with E-state index in [1.807, 2.05) is 7.05 Å². The Morgan fingerprint density at radius 2 is 1.87 bits per heavy atom. The fourth-order valence-electron chi connectivity index (χ4n) is 0.972. The molecule has 0 aromatic carbocycles. The van der Waals surface area contributed by atoms with Crippen LogP contribution in [0.5, 0.6) is 0 Å². The molecule has 0 atom stereocenters. The molecule has 0 N–H and O–H groups in total. The zero-order chi connectivity index (χ0) is 11.7. The number of hydrogen-bond acceptors (Lipinski definition) is 4. The molecule has 0 aliphatic carbocycles. The highest BCUT2D eigenvalue weighted by atomic mass is 16.5. The monoisotopic (exact) mass is 214 g/mol. The minimum atomic E-state index is -0.353. The van der Waals surface area contributed by atoms with Crippen molar-refractivity contribution in [1.82, 2.24) is 9.80 Å². The standard InChI is InChI=1S/C11H22N2O2/c1-5-11(14)15-10-9-13(4)8-7-12(3)6-2/h5H,1,6-10H2,2-4H3. The van der Waals surface area contributed by atoms with Crippen molar-refractivity contribution in [1.29, 1.82) is 0 Å². The van der Waals surface area contributed by atoms with Crippen LogP contribution in [-0.4, -0.2) is 62.7 Å². The maximum absolute atomic E-state index is 10.7. The summed E-state index contributed by atoms with van der Waals surface area (Å²) in [6, 6.07) is 0. The normalized spacial score (nSPS) is 10.7. The molecule has 4 nitrogen and oxygen atoms in total. The van der Waals surface area contributed by atoms with Gasteiger partial charge in [0.05, 0.1) is 0 Å². The number of nitrogens with zero attached hydrogens (tertiary/aromatic N) is 2. The summed E-state index contributed by atoms with van der Waals surface area (Å²) in [4.78, 5) is 15.1. The minimum Gasteiger partial charge on any atom is -0.461 e. The van der Waals surface area contributed by atoms with Crippen LogP contribution < -0.4 is 0 Å². The first kappa shape index (κ1) is 14.1. The molecule has 0 rings (SSSR count). The lowest BCUT2D eigenvalue weighted by Gasteiger charge is -2.20. The van der Waals surface area contributed by atoms with E-state index < -0.39 is 0 Å². The molecule has 0 fully saturated rings. The van der Waals surface area contributed by atoms with Crippen LogP contribution in [0.3, 0.4) is 0 Å². The second-order valence-electron chi connectivity index (χ2n) is 3.57. The number of rotatable bonds is 8. The molecule has 15 heavy (non-hydrogen) atoms. The highest BCUT2D eigenvalue weighted by Gasteiger charge is 2.01. The third kappa shape index (κ3) is 8.15. The lowest BCUT2D eigenvalue weighted by Crippen LogP contribution is -2.32. The van der Waals surface area contributed by atoms with Crippen LogP contribution in [0.2, 0.25) is 0 Å². The molecule has 0 spiro atoms. The number of esters is 1. The fourth-order valence-corrected chi connectivity index (χ4v) is 0.972. The molecule has 0 saturated carbocycles. The first-order chi connectivity index (χ1) is 7.10. The molecule has 0 bridgehead atoms. The summed E-state index contributed by atoms with van der Waals surface area (Å²) in [5, 5.41) is 0. The summed E-state index contributed by atoms with van der Waals surface area (Å²) in [6.45, 7) is 9.72. The van der Waals surface area contributed by atoms with Crippen molar-refractivity contribution >= 4 is 5.97 Å². The van der Waals surface area contributed by atoms with Gasteiger partial charge < -0.3 is 14.5 Å². The van der Waals surface area contributed by atoms with Gasteiger partial charge in [-0.3, -0.25) is 0 Å². The van der Waals surface area contributed by atoms with Gasteiger partial charge in [0.15, 0.2) is 0 Å². The third-order valence-electron chi connectivity index (χ3n) is 2.29. The van der Waals surface area contributed by atoms with Crippen molar-refractivity contribution in [2.24, 2.45) is 0 Å². The molecule has 0 amide bonds. The summed E-state index contributed by atoms with van der Waals surface area (Å²) >= 11 is 0. The number of hydrogen-bond donors (Lipinski definition) is 0. The molecular weight excluding hydrogens is 192 g/mol. The molecule has 0 heterocycles. The predicted molar refractivity (Wildman–Crippen MR) is 61.8 cm³/mol. The summed E-state index contributed by atoms with van der Waals surface area (Å²) in [6.07, 6.45) is 1.19. The Kier molecular flexibility index (Phi) is 7.95. The van der Waals surface area contributed by atoms with E-state index in [1.54, 1.807) is 0 Å². The highest BCUT2D eigenvalue weighted by Crippen LogP contribution is 1.87. The van der Waals surface area contributed by atoms with E-state index in [-0.39, 0.29) is 5.97 Å². The number of carbonyl (C=O) groups excluding carboxylic acids is 1. The van der Waals surface area contributed by atoms with Gasteiger partial charge in [-0.25, -0.2) is 4.79 Å². The Labute approximate surface area is 92.5 Å². The van der Waals surface area contributed by atoms with Crippen LogP contribution >= 0.6 is 0 Å². The zero-order valence-corrected chi connectivity index (χ0v) is 10.0. The lowest BCUT2D eigenvalue weighted by molar-refractivity contribution is -0.138. The van der Waals surface area contributed by atoms with Crippen molar-refractivity contribution in [3.8, 4) is 0 Å². The molecule has 0 aromatic heterocycles. The molecule has 88 valence electrons. The molecule has 0 aliphatic heterocycles. The smallest absolute Gasteiger partial charge is 0.330 e. The Bertz CT molecular complexity index is 195. The van der Waals surface area contributed by atoms with E-state index in [4.69, 9.17) is 4.74 Å². The Morgan fingerprint density at radius 1 is 1.27 bits per heavy atom. The summed E-state index contributed by atoms with van der Waals surface area (Å²) < 4.78 is 4.88. The van der Waals surface area contributed by atoms with Crippen LogP contribution in [0.4, 0.5) is 0 Å². The summed E-state index contributed by atoms with van der Waals surface area (Å²) in [5.41, 5.74) is 0. The Balaban J connectivity index is 3.44. The molecule has 0 saturated heterocycles. The van der Waals surface area contributed by atoms with Crippen LogP contribution in [0.1, 0.15) is 6.92 Å². The SMILES string of the molecule is C=CC(=O)OCCN(C)CCN(C)CC. The van der Waals surface area contributed by atoms with Crippen molar-refractivity contribution < 1.29 is 9.53 Å². The molecule has 0 aliphatic rings. The quantitative estimate of drug-likeness (QED) is 0.437. The highest BCUT2D eigenvalue weighted by molar-refractivity contribution is 5.81.